The Hall–Kier alpha value is -2.38. The minimum absolute atomic E-state index is 0.121. The van der Waals surface area contributed by atoms with Crippen LogP contribution in [0, 0.1) is 5.82 Å². The largest absolute Gasteiger partial charge is 0.368 e. The fourth-order valence-electron chi connectivity index (χ4n) is 3.35. The van der Waals surface area contributed by atoms with E-state index in [1.807, 2.05) is 16.7 Å². The molecule has 7 heteroatoms. The first-order valence-corrected chi connectivity index (χ1v) is 8.49. The van der Waals surface area contributed by atoms with Crippen LogP contribution >= 0.6 is 0 Å². The van der Waals surface area contributed by atoms with Gasteiger partial charge in [-0.05, 0) is 30.7 Å². The second-order valence-electron chi connectivity index (χ2n) is 6.21. The second kappa shape index (κ2) is 6.85. The summed E-state index contributed by atoms with van der Waals surface area (Å²) in [6.45, 7) is 5.59. The smallest absolute Gasteiger partial charge is 0.163 e. The molecular weight excluding hydrogens is 321 g/mol. The maximum absolute atomic E-state index is 14.0. The highest BCUT2D eigenvalue weighted by Crippen LogP contribution is 2.24. The van der Waals surface area contributed by atoms with E-state index >= 15 is 0 Å². The van der Waals surface area contributed by atoms with Crippen LogP contribution in [0.4, 0.5) is 4.39 Å². The first-order valence-electron chi connectivity index (χ1n) is 8.49. The number of ether oxygens (including phenoxy) is 1. The molecule has 0 N–H and O–H groups in total. The third kappa shape index (κ3) is 3.25. The highest BCUT2D eigenvalue weighted by Gasteiger charge is 2.26. The molecule has 0 amide bonds. The molecule has 0 unspecified atom stereocenters. The van der Waals surface area contributed by atoms with Gasteiger partial charge in [0.2, 0.25) is 0 Å². The summed E-state index contributed by atoms with van der Waals surface area (Å²) in [6.07, 6.45) is 3.35. The lowest BCUT2D eigenvalue weighted by atomic mass is 10.1. The summed E-state index contributed by atoms with van der Waals surface area (Å²) in [6, 6.07) is 6.82. The van der Waals surface area contributed by atoms with Crippen LogP contribution in [0.25, 0.3) is 10.9 Å². The monoisotopic (exact) mass is 341 g/mol. The zero-order valence-electron chi connectivity index (χ0n) is 14.1. The van der Waals surface area contributed by atoms with Crippen LogP contribution in [0.2, 0.25) is 0 Å². The van der Waals surface area contributed by atoms with Crippen molar-refractivity contribution in [3.8, 4) is 0 Å². The fourth-order valence-corrected chi connectivity index (χ4v) is 3.35. The zero-order valence-corrected chi connectivity index (χ0v) is 14.1. The Kier molecular flexibility index (Phi) is 4.42. The maximum atomic E-state index is 14.0. The van der Waals surface area contributed by atoms with Crippen molar-refractivity contribution < 1.29 is 9.13 Å². The summed E-state index contributed by atoms with van der Waals surface area (Å²) in [5.41, 5.74) is 1.75. The molecule has 130 valence electrons. The number of fused-ring (bicyclic) bond motifs is 1. The van der Waals surface area contributed by atoms with Crippen molar-refractivity contribution in [1.82, 2.24) is 24.6 Å². The molecule has 0 saturated carbocycles. The van der Waals surface area contributed by atoms with Crippen LogP contribution in [0.1, 0.15) is 24.4 Å². The summed E-state index contributed by atoms with van der Waals surface area (Å²) in [4.78, 5) is 6.69. The van der Waals surface area contributed by atoms with Crippen LogP contribution in [-0.2, 0) is 17.8 Å². The van der Waals surface area contributed by atoms with Crippen LogP contribution in [-0.4, -0.2) is 44.3 Å². The number of hydrogen-bond donors (Lipinski definition) is 0. The van der Waals surface area contributed by atoms with Gasteiger partial charge in [-0.3, -0.25) is 9.88 Å². The van der Waals surface area contributed by atoms with E-state index in [1.54, 1.807) is 18.6 Å². The van der Waals surface area contributed by atoms with E-state index in [2.05, 4.69) is 27.0 Å². The number of aryl methyl sites for hydroxylation is 1. The second-order valence-corrected chi connectivity index (χ2v) is 6.21. The van der Waals surface area contributed by atoms with Gasteiger partial charge in [0, 0.05) is 37.8 Å². The molecule has 1 aromatic carbocycles. The first kappa shape index (κ1) is 16.1. The van der Waals surface area contributed by atoms with Crippen LogP contribution < -0.4 is 0 Å². The average molecular weight is 341 g/mol. The molecule has 1 aliphatic rings. The predicted octanol–water partition coefficient (Wildman–Crippen LogP) is 2.56. The summed E-state index contributed by atoms with van der Waals surface area (Å²) < 4.78 is 21.8. The van der Waals surface area contributed by atoms with Gasteiger partial charge in [-0.1, -0.05) is 6.07 Å². The molecule has 0 aliphatic carbocycles. The predicted molar refractivity (Wildman–Crippen MR) is 91.4 cm³/mol. The quantitative estimate of drug-likeness (QED) is 0.730. The molecule has 0 spiro atoms. The number of halogens is 1. The van der Waals surface area contributed by atoms with E-state index in [0.717, 1.165) is 35.4 Å². The van der Waals surface area contributed by atoms with Gasteiger partial charge in [-0.2, -0.15) is 0 Å². The van der Waals surface area contributed by atoms with Crippen LogP contribution in [0.15, 0.2) is 36.8 Å². The third-order valence-corrected chi connectivity index (χ3v) is 4.57. The lowest BCUT2D eigenvalue weighted by Gasteiger charge is -2.32. The van der Waals surface area contributed by atoms with Gasteiger partial charge in [0.25, 0.3) is 0 Å². The number of pyridine rings is 1. The van der Waals surface area contributed by atoms with Gasteiger partial charge in [0.05, 0.1) is 12.1 Å². The third-order valence-electron chi connectivity index (χ3n) is 4.57. The zero-order chi connectivity index (χ0) is 17.2. The van der Waals surface area contributed by atoms with E-state index in [-0.39, 0.29) is 11.9 Å². The fraction of sp³-hybridized carbons (Fsp3) is 0.389. The molecule has 25 heavy (non-hydrogen) atoms. The number of nitrogens with zero attached hydrogens (tertiary/aromatic N) is 5. The van der Waals surface area contributed by atoms with Crippen molar-refractivity contribution in [2.45, 2.75) is 26.1 Å². The lowest BCUT2D eigenvalue weighted by molar-refractivity contribution is -0.0387. The average Bonchev–Trinajstić information content (AvgIpc) is 3.10. The molecule has 3 aromatic rings. The molecule has 1 fully saturated rings. The summed E-state index contributed by atoms with van der Waals surface area (Å²) >= 11 is 0. The molecule has 6 nitrogen and oxygen atoms in total. The Morgan fingerprint density at radius 3 is 3.16 bits per heavy atom. The molecule has 1 aliphatic heterocycles. The minimum Gasteiger partial charge on any atom is -0.368 e. The Morgan fingerprint density at radius 1 is 1.36 bits per heavy atom. The van der Waals surface area contributed by atoms with Gasteiger partial charge in [-0.25, -0.2) is 4.39 Å². The van der Waals surface area contributed by atoms with Gasteiger partial charge in [0.1, 0.15) is 18.2 Å². The molecule has 2 aromatic heterocycles. The highest BCUT2D eigenvalue weighted by atomic mass is 19.1. The van der Waals surface area contributed by atoms with Crippen molar-refractivity contribution in [3.63, 3.8) is 0 Å². The number of rotatable bonds is 4. The topological polar surface area (TPSA) is 56.1 Å². The standard InChI is InChI=1S/C18H20FN5O/c1-2-24-12-21-22-18(24)16-11-23(6-7-25-16)10-14-9-15(19)8-13-4-3-5-20-17(13)14/h3-5,8-9,12,16H,2,6-7,10-11H2,1H3/t16-/m1/s1. The Labute approximate surface area is 145 Å². The van der Waals surface area contributed by atoms with Gasteiger partial charge in [-0.15, -0.1) is 10.2 Å². The van der Waals surface area contributed by atoms with Crippen molar-refractivity contribution in [3.05, 3.63) is 54.0 Å². The Balaban J connectivity index is 1.57. The summed E-state index contributed by atoms with van der Waals surface area (Å²) in [7, 11) is 0. The summed E-state index contributed by atoms with van der Waals surface area (Å²) in [5, 5.41) is 9.02. The molecule has 4 rings (SSSR count). The van der Waals surface area contributed by atoms with Gasteiger partial charge < -0.3 is 9.30 Å². The van der Waals surface area contributed by atoms with Crippen molar-refractivity contribution >= 4 is 10.9 Å². The molecule has 0 bridgehead atoms. The SMILES string of the molecule is CCn1cnnc1[C@H]1CN(Cc2cc(F)cc3cccnc23)CCO1. The lowest BCUT2D eigenvalue weighted by Crippen LogP contribution is -2.38. The molecule has 0 radical (unpaired) electrons. The van der Waals surface area contributed by atoms with E-state index in [0.29, 0.717) is 19.7 Å². The van der Waals surface area contributed by atoms with Crippen molar-refractivity contribution in [2.24, 2.45) is 0 Å². The number of benzene rings is 1. The van der Waals surface area contributed by atoms with Crippen molar-refractivity contribution in [1.29, 1.82) is 0 Å². The van der Waals surface area contributed by atoms with Crippen LogP contribution in [0.5, 0.6) is 0 Å². The summed E-state index contributed by atoms with van der Waals surface area (Å²) in [5.74, 6) is 0.612. The number of aromatic nitrogens is 4. The Bertz CT molecular complexity index is 881. The molecule has 3 heterocycles. The van der Waals surface area contributed by atoms with Crippen molar-refractivity contribution in [2.75, 3.05) is 19.7 Å². The normalized spacial score (nSPS) is 18.7. The molecular formula is C18H20FN5O. The number of morpholine rings is 1. The Morgan fingerprint density at radius 2 is 2.28 bits per heavy atom. The van der Waals surface area contributed by atoms with Gasteiger partial charge in [0.15, 0.2) is 5.82 Å². The van der Waals surface area contributed by atoms with Crippen LogP contribution in [0.3, 0.4) is 0 Å². The minimum atomic E-state index is -0.231. The first-order chi connectivity index (χ1) is 12.2. The maximum Gasteiger partial charge on any atom is 0.163 e. The molecule has 1 saturated heterocycles. The van der Waals surface area contributed by atoms with E-state index < -0.39 is 0 Å². The van der Waals surface area contributed by atoms with E-state index in [9.17, 15) is 4.39 Å². The van der Waals surface area contributed by atoms with E-state index in [4.69, 9.17) is 4.74 Å². The van der Waals surface area contributed by atoms with E-state index in [1.165, 1.54) is 6.07 Å². The van der Waals surface area contributed by atoms with Gasteiger partial charge >= 0.3 is 0 Å². The highest BCUT2D eigenvalue weighted by molar-refractivity contribution is 5.81. The molecule has 1 atom stereocenters. The number of hydrogen-bond acceptors (Lipinski definition) is 5.